The van der Waals surface area contributed by atoms with Crippen molar-refractivity contribution < 1.29 is 0 Å². The summed E-state index contributed by atoms with van der Waals surface area (Å²) in [7, 11) is 0. The van der Waals surface area contributed by atoms with E-state index in [1.165, 1.54) is 88.5 Å². The average Bonchev–Trinajstić information content (AvgIpc) is 4.19. The minimum atomic E-state index is -0.544. The van der Waals surface area contributed by atoms with Crippen LogP contribution in [0.5, 0.6) is 0 Å². The molecular formula is C71H47N5. The predicted molar refractivity (Wildman–Crippen MR) is 311 cm³/mol. The third-order valence-electron chi connectivity index (χ3n) is 16.7. The molecule has 0 unspecified atom stereocenters. The molecule has 356 valence electrons. The lowest BCUT2D eigenvalue weighted by atomic mass is 9.63. The van der Waals surface area contributed by atoms with E-state index in [9.17, 15) is 0 Å². The second-order valence-electron chi connectivity index (χ2n) is 20.4. The molecule has 0 saturated heterocycles. The smallest absolute Gasteiger partial charge is 0.169 e. The molecule has 13 aromatic rings. The van der Waals surface area contributed by atoms with Crippen LogP contribution in [0.4, 0.5) is 0 Å². The lowest BCUT2D eigenvalue weighted by molar-refractivity contribution is 0.728. The third kappa shape index (κ3) is 5.79. The second kappa shape index (κ2) is 16.3. The van der Waals surface area contributed by atoms with Gasteiger partial charge in [0, 0.05) is 32.7 Å². The fraction of sp³-hybridized carbons (Fsp3) is 0.0423. The van der Waals surface area contributed by atoms with Crippen LogP contribution in [0.1, 0.15) is 67.4 Å². The molecule has 5 nitrogen and oxygen atoms in total. The van der Waals surface area contributed by atoms with Gasteiger partial charge in [0.2, 0.25) is 0 Å². The van der Waals surface area contributed by atoms with Gasteiger partial charge >= 0.3 is 0 Å². The molecule has 5 heteroatoms. The first-order valence-electron chi connectivity index (χ1n) is 26.3. The molecule has 0 bridgehead atoms. The van der Waals surface area contributed by atoms with Gasteiger partial charge in [0.1, 0.15) is 11.7 Å². The predicted octanol–water partition coefficient (Wildman–Crippen LogP) is 15.8. The first-order chi connectivity index (χ1) is 37.7. The van der Waals surface area contributed by atoms with E-state index in [-0.39, 0.29) is 0 Å². The Morgan fingerprint density at radius 2 is 0.671 bits per heavy atom. The van der Waals surface area contributed by atoms with Gasteiger partial charge in [-0.25, -0.2) is 9.98 Å². The number of nitrogens with one attached hydrogen (secondary N) is 1. The Morgan fingerprint density at radius 1 is 0.316 bits per heavy atom. The highest BCUT2D eigenvalue weighted by molar-refractivity contribution is 6.21. The molecular weight excluding hydrogens is 923 g/mol. The van der Waals surface area contributed by atoms with Crippen molar-refractivity contribution in [1.82, 2.24) is 14.5 Å². The maximum atomic E-state index is 5.44. The van der Waals surface area contributed by atoms with Crippen LogP contribution < -0.4 is 5.32 Å². The number of rotatable bonds is 7. The lowest BCUT2D eigenvalue weighted by Crippen LogP contribution is -2.36. The van der Waals surface area contributed by atoms with Crippen LogP contribution in [0.3, 0.4) is 0 Å². The normalized spacial score (nSPS) is 15.0. The molecule has 0 amide bonds. The van der Waals surface area contributed by atoms with Crippen molar-refractivity contribution in [3.8, 4) is 11.4 Å². The number of nitrogens with zero attached hydrogens (tertiary/aromatic N) is 4. The van der Waals surface area contributed by atoms with Gasteiger partial charge in [-0.1, -0.05) is 224 Å². The van der Waals surface area contributed by atoms with Gasteiger partial charge in [-0.05, 0) is 98.6 Å². The number of hydrogen-bond donors (Lipinski definition) is 1. The molecule has 0 aliphatic carbocycles. The summed E-state index contributed by atoms with van der Waals surface area (Å²) >= 11 is 0. The molecule has 3 aliphatic rings. The van der Waals surface area contributed by atoms with Crippen LogP contribution in [-0.4, -0.2) is 20.8 Å². The lowest BCUT2D eigenvalue weighted by Gasteiger charge is -2.41. The Kier molecular flexibility index (Phi) is 9.16. The number of aliphatic imine (C=N–C) groups is 2. The Morgan fingerprint density at radius 3 is 1.08 bits per heavy atom. The number of amidine groups is 2. The molecule has 2 aromatic heterocycles. The van der Waals surface area contributed by atoms with Crippen molar-refractivity contribution in [2.45, 2.75) is 17.0 Å². The maximum absolute atomic E-state index is 5.44. The highest BCUT2D eigenvalue weighted by Crippen LogP contribution is 2.56. The standard InChI is InChI=1S/C71H47N5/c1-6-22-46(23-7-1)67-72-68(47-40-42-61-55(44-47)53-32-20-36-59-65(53)75(61)63-38-18-16-34-57(63)70(59,49-24-8-2-9-25-49)50-26-10-3-11-27-50)74-69(73-67)48-41-43-62-56(45-48)54-33-21-37-60-66(54)76(62)64-39-19-17-35-58(64)71(60,51-28-12-4-13-29-51)52-30-14-5-15-31-52/h1-45,67H,(H,72,73,74). The zero-order valence-corrected chi connectivity index (χ0v) is 41.3. The van der Waals surface area contributed by atoms with E-state index in [2.05, 4.69) is 287 Å². The maximum Gasteiger partial charge on any atom is 0.169 e. The summed E-state index contributed by atoms with van der Waals surface area (Å²) in [6.45, 7) is 0. The van der Waals surface area contributed by atoms with Crippen molar-refractivity contribution in [3.63, 3.8) is 0 Å². The summed E-state index contributed by atoms with van der Waals surface area (Å²) in [4.78, 5) is 10.9. The molecule has 16 rings (SSSR count). The monoisotopic (exact) mass is 969 g/mol. The topological polar surface area (TPSA) is 46.6 Å². The van der Waals surface area contributed by atoms with Crippen LogP contribution >= 0.6 is 0 Å². The van der Waals surface area contributed by atoms with E-state index < -0.39 is 17.0 Å². The Hall–Kier alpha value is -9.84. The van der Waals surface area contributed by atoms with Crippen molar-refractivity contribution in [2.24, 2.45) is 9.98 Å². The van der Waals surface area contributed by atoms with Gasteiger partial charge in [0.05, 0.1) is 44.3 Å². The fourth-order valence-electron chi connectivity index (χ4n) is 13.6. The minimum absolute atomic E-state index is 0.461. The molecule has 1 N–H and O–H groups in total. The van der Waals surface area contributed by atoms with E-state index in [4.69, 9.17) is 9.98 Å². The number of fused-ring (bicyclic) bond motifs is 10. The molecule has 0 spiro atoms. The summed E-state index contributed by atoms with van der Waals surface area (Å²) in [5.41, 5.74) is 19.1. The number of hydrogen-bond acceptors (Lipinski definition) is 3. The van der Waals surface area contributed by atoms with E-state index in [1.807, 2.05) is 0 Å². The molecule has 0 radical (unpaired) electrons. The zero-order valence-electron chi connectivity index (χ0n) is 41.3. The van der Waals surface area contributed by atoms with Crippen molar-refractivity contribution in [3.05, 3.63) is 334 Å². The van der Waals surface area contributed by atoms with Gasteiger partial charge in [0.25, 0.3) is 0 Å². The van der Waals surface area contributed by atoms with Crippen molar-refractivity contribution in [1.29, 1.82) is 0 Å². The van der Waals surface area contributed by atoms with Crippen LogP contribution in [-0.2, 0) is 10.8 Å². The van der Waals surface area contributed by atoms with Gasteiger partial charge < -0.3 is 14.5 Å². The number of para-hydroxylation sites is 4. The summed E-state index contributed by atoms with van der Waals surface area (Å²) in [5.74, 6) is 1.56. The fourth-order valence-corrected chi connectivity index (χ4v) is 13.6. The molecule has 0 atom stereocenters. The Balaban J connectivity index is 0.874. The molecule has 76 heavy (non-hydrogen) atoms. The zero-order chi connectivity index (χ0) is 50.0. The van der Waals surface area contributed by atoms with Gasteiger partial charge in [-0.3, -0.25) is 0 Å². The van der Waals surface area contributed by atoms with E-state index >= 15 is 0 Å². The first-order valence-corrected chi connectivity index (χ1v) is 26.3. The molecule has 0 saturated carbocycles. The van der Waals surface area contributed by atoms with Crippen LogP contribution in [0.15, 0.2) is 283 Å². The average molecular weight is 970 g/mol. The van der Waals surface area contributed by atoms with Gasteiger partial charge in [0.15, 0.2) is 6.17 Å². The van der Waals surface area contributed by atoms with Crippen molar-refractivity contribution in [2.75, 3.05) is 0 Å². The van der Waals surface area contributed by atoms with Gasteiger partial charge in [-0.2, -0.15) is 0 Å². The van der Waals surface area contributed by atoms with Gasteiger partial charge in [-0.15, -0.1) is 0 Å². The van der Waals surface area contributed by atoms with Crippen LogP contribution in [0.2, 0.25) is 0 Å². The Labute approximate surface area is 440 Å². The third-order valence-corrected chi connectivity index (χ3v) is 16.7. The largest absolute Gasteiger partial charge is 0.324 e. The summed E-state index contributed by atoms with van der Waals surface area (Å²) in [5, 5.41) is 8.58. The summed E-state index contributed by atoms with van der Waals surface area (Å²) < 4.78 is 4.99. The van der Waals surface area contributed by atoms with E-state index in [0.717, 1.165) is 39.4 Å². The molecule has 11 aromatic carbocycles. The first kappa shape index (κ1) is 42.6. The number of benzene rings is 11. The van der Waals surface area contributed by atoms with Crippen LogP contribution in [0.25, 0.3) is 55.0 Å². The summed E-state index contributed by atoms with van der Waals surface area (Å²) in [6.07, 6.45) is -0.461. The SMILES string of the molecule is c1ccc(C2N=C(c3ccc4c(c3)c3cccc5c3n4-c3ccccc3C5(c3ccccc3)c3ccccc3)NC(c3ccc4c(c3)c3cccc5c3n4-c3ccccc3C5(c3ccccc3)c3ccccc3)=N2)cc1. The molecule has 5 heterocycles. The summed E-state index contributed by atoms with van der Waals surface area (Å²) in [6, 6.07) is 100. The molecule has 3 aliphatic heterocycles. The van der Waals surface area contributed by atoms with E-state index in [0.29, 0.717) is 0 Å². The quantitative estimate of drug-likeness (QED) is 0.170. The second-order valence-corrected chi connectivity index (χ2v) is 20.4. The highest BCUT2D eigenvalue weighted by atomic mass is 15.2. The highest BCUT2D eigenvalue weighted by Gasteiger charge is 2.47. The van der Waals surface area contributed by atoms with E-state index in [1.54, 1.807) is 0 Å². The minimum Gasteiger partial charge on any atom is -0.324 e. The van der Waals surface area contributed by atoms with Crippen molar-refractivity contribution >= 4 is 55.3 Å². The molecule has 0 fully saturated rings. The Bertz CT molecular complexity index is 4180. The van der Waals surface area contributed by atoms with Crippen LogP contribution in [0, 0.1) is 0 Å². The number of aromatic nitrogens is 2.